The number of Topliss-reactive ketones (excluding diaryl/α,β-unsaturated/α-hetero) is 1. The van der Waals surface area contributed by atoms with E-state index in [2.05, 4.69) is 10.2 Å². The van der Waals surface area contributed by atoms with Crippen LogP contribution in [0.25, 0.3) is 0 Å². The summed E-state index contributed by atoms with van der Waals surface area (Å²) in [5.41, 5.74) is 5.69. The normalized spacial score (nSPS) is 13.3. The first kappa shape index (κ1) is 9.85. The highest BCUT2D eigenvalue weighted by Crippen LogP contribution is 2.05. The molecule has 5 nitrogen and oxygen atoms in total. The Kier molecular flexibility index (Phi) is 2.77. The highest BCUT2D eigenvalue weighted by molar-refractivity contribution is 5.96. The van der Waals surface area contributed by atoms with Crippen LogP contribution in [0.4, 0.5) is 0 Å². The minimum atomic E-state index is -0.497. The number of hydrogen-bond acceptors (Lipinski definition) is 4. The van der Waals surface area contributed by atoms with Crippen LogP contribution in [-0.2, 0) is 7.05 Å². The lowest BCUT2D eigenvalue weighted by Gasteiger charge is -2.12. The van der Waals surface area contributed by atoms with E-state index in [1.165, 1.54) is 6.33 Å². The Bertz CT molecular complexity index is 305. The molecule has 5 heteroatoms. The van der Waals surface area contributed by atoms with Gasteiger partial charge in [-0.25, -0.2) is 0 Å². The Morgan fingerprint density at radius 3 is 2.62 bits per heavy atom. The van der Waals surface area contributed by atoms with E-state index in [1.807, 2.05) is 13.8 Å². The molecule has 13 heavy (non-hydrogen) atoms. The van der Waals surface area contributed by atoms with Crippen molar-refractivity contribution in [3.63, 3.8) is 0 Å². The molecule has 0 amide bonds. The highest BCUT2D eigenvalue weighted by Gasteiger charge is 2.22. The van der Waals surface area contributed by atoms with Gasteiger partial charge in [0.05, 0.1) is 6.04 Å². The van der Waals surface area contributed by atoms with Crippen molar-refractivity contribution in [3.05, 3.63) is 12.2 Å². The third-order valence-corrected chi connectivity index (χ3v) is 1.95. The smallest absolute Gasteiger partial charge is 0.217 e. The number of nitrogens with zero attached hydrogens (tertiary/aromatic N) is 3. The molecule has 0 aliphatic carbocycles. The molecule has 0 saturated carbocycles. The van der Waals surface area contributed by atoms with E-state index in [9.17, 15) is 4.79 Å². The van der Waals surface area contributed by atoms with Gasteiger partial charge < -0.3 is 10.3 Å². The summed E-state index contributed by atoms with van der Waals surface area (Å²) >= 11 is 0. The lowest BCUT2D eigenvalue weighted by molar-refractivity contribution is 0.0926. The van der Waals surface area contributed by atoms with Crippen LogP contribution in [-0.4, -0.2) is 26.6 Å². The molecule has 1 unspecified atom stereocenters. The second-order valence-corrected chi connectivity index (χ2v) is 3.40. The van der Waals surface area contributed by atoms with Crippen LogP contribution in [0, 0.1) is 5.92 Å². The number of aryl methyl sites for hydroxylation is 1. The Morgan fingerprint density at radius 2 is 2.23 bits per heavy atom. The van der Waals surface area contributed by atoms with Gasteiger partial charge in [0.1, 0.15) is 6.33 Å². The maximum Gasteiger partial charge on any atom is 0.217 e. The third-order valence-electron chi connectivity index (χ3n) is 1.95. The molecule has 0 spiro atoms. The molecule has 72 valence electrons. The van der Waals surface area contributed by atoms with Crippen molar-refractivity contribution in [2.45, 2.75) is 19.9 Å². The minimum absolute atomic E-state index is 0.115. The molecule has 0 fully saturated rings. The van der Waals surface area contributed by atoms with Crippen LogP contribution < -0.4 is 5.73 Å². The molecule has 2 N–H and O–H groups in total. The largest absolute Gasteiger partial charge is 0.321 e. The Morgan fingerprint density at radius 1 is 1.62 bits per heavy atom. The average Bonchev–Trinajstić information content (AvgIpc) is 2.48. The van der Waals surface area contributed by atoms with Crippen molar-refractivity contribution in [1.29, 1.82) is 0 Å². The molecule has 1 rings (SSSR count). The van der Waals surface area contributed by atoms with E-state index in [0.29, 0.717) is 5.82 Å². The van der Waals surface area contributed by atoms with E-state index in [-0.39, 0.29) is 11.7 Å². The van der Waals surface area contributed by atoms with Crippen molar-refractivity contribution in [2.75, 3.05) is 0 Å². The summed E-state index contributed by atoms with van der Waals surface area (Å²) in [7, 11) is 1.72. The molecule has 0 radical (unpaired) electrons. The molecule has 0 aliphatic heterocycles. The molecule has 0 bridgehead atoms. The van der Waals surface area contributed by atoms with Gasteiger partial charge in [0.2, 0.25) is 11.6 Å². The zero-order valence-electron chi connectivity index (χ0n) is 8.06. The standard InChI is InChI=1S/C8H14N4O/c1-5(2)6(9)7(13)8-11-10-4-12(8)3/h4-6H,9H2,1-3H3. The van der Waals surface area contributed by atoms with Gasteiger partial charge >= 0.3 is 0 Å². The van der Waals surface area contributed by atoms with Crippen molar-refractivity contribution >= 4 is 5.78 Å². The second-order valence-electron chi connectivity index (χ2n) is 3.40. The van der Waals surface area contributed by atoms with Gasteiger partial charge in [0.25, 0.3) is 0 Å². The Balaban J connectivity index is 2.86. The number of aromatic nitrogens is 3. The van der Waals surface area contributed by atoms with Crippen LogP contribution in [0.3, 0.4) is 0 Å². The van der Waals surface area contributed by atoms with E-state index < -0.39 is 6.04 Å². The molecule has 1 atom stereocenters. The fourth-order valence-corrected chi connectivity index (χ4v) is 0.958. The fraction of sp³-hybridized carbons (Fsp3) is 0.625. The molecule has 0 saturated heterocycles. The van der Waals surface area contributed by atoms with E-state index in [0.717, 1.165) is 0 Å². The van der Waals surface area contributed by atoms with E-state index in [4.69, 9.17) is 5.73 Å². The molecular weight excluding hydrogens is 168 g/mol. The summed E-state index contributed by atoms with van der Waals surface area (Å²) in [6, 6.07) is -0.497. The number of ketones is 1. The van der Waals surface area contributed by atoms with Crippen molar-refractivity contribution in [2.24, 2.45) is 18.7 Å². The highest BCUT2D eigenvalue weighted by atomic mass is 16.1. The molecule has 1 aromatic heterocycles. The van der Waals surface area contributed by atoms with Crippen LogP contribution in [0.1, 0.15) is 24.5 Å². The van der Waals surface area contributed by atoms with Crippen LogP contribution in [0.5, 0.6) is 0 Å². The predicted octanol–water partition coefficient (Wildman–Crippen LogP) is -0.0189. The summed E-state index contributed by atoms with van der Waals surface area (Å²) in [4.78, 5) is 11.6. The molecular formula is C8H14N4O. The molecule has 0 aliphatic rings. The summed E-state index contributed by atoms with van der Waals surface area (Å²) in [6.45, 7) is 3.80. The maximum atomic E-state index is 11.6. The van der Waals surface area contributed by atoms with Gasteiger partial charge in [-0.05, 0) is 5.92 Å². The van der Waals surface area contributed by atoms with E-state index >= 15 is 0 Å². The van der Waals surface area contributed by atoms with Crippen LogP contribution in [0.2, 0.25) is 0 Å². The number of carbonyl (C=O) groups is 1. The number of nitrogens with two attached hydrogens (primary N) is 1. The van der Waals surface area contributed by atoms with Gasteiger partial charge in [0, 0.05) is 7.05 Å². The lowest BCUT2D eigenvalue weighted by Crippen LogP contribution is -2.36. The average molecular weight is 182 g/mol. The van der Waals surface area contributed by atoms with Gasteiger partial charge in [-0.15, -0.1) is 10.2 Å². The SMILES string of the molecule is CC(C)C(N)C(=O)c1nncn1C. The lowest BCUT2D eigenvalue weighted by atomic mass is 10.0. The van der Waals surface area contributed by atoms with Gasteiger partial charge in [-0.3, -0.25) is 4.79 Å². The predicted molar refractivity (Wildman–Crippen MR) is 48.1 cm³/mol. The van der Waals surface area contributed by atoms with Crippen LogP contribution in [0.15, 0.2) is 6.33 Å². The molecule has 0 aromatic carbocycles. The fourth-order valence-electron chi connectivity index (χ4n) is 0.958. The Hall–Kier alpha value is -1.23. The maximum absolute atomic E-state index is 11.6. The Labute approximate surface area is 76.9 Å². The van der Waals surface area contributed by atoms with Crippen molar-refractivity contribution in [1.82, 2.24) is 14.8 Å². The van der Waals surface area contributed by atoms with Crippen molar-refractivity contribution in [3.8, 4) is 0 Å². The summed E-state index contributed by atoms with van der Waals surface area (Å²) in [5.74, 6) is 0.278. The first-order valence-corrected chi connectivity index (χ1v) is 4.17. The van der Waals surface area contributed by atoms with Gasteiger partial charge in [-0.2, -0.15) is 0 Å². The monoisotopic (exact) mass is 182 g/mol. The zero-order chi connectivity index (χ0) is 10.0. The minimum Gasteiger partial charge on any atom is -0.321 e. The molecule has 1 aromatic rings. The number of rotatable bonds is 3. The first-order chi connectivity index (χ1) is 6.04. The van der Waals surface area contributed by atoms with Crippen LogP contribution >= 0.6 is 0 Å². The molecule has 1 heterocycles. The van der Waals surface area contributed by atoms with Crippen molar-refractivity contribution < 1.29 is 4.79 Å². The van der Waals surface area contributed by atoms with Gasteiger partial charge in [0.15, 0.2) is 0 Å². The second kappa shape index (κ2) is 3.66. The van der Waals surface area contributed by atoms with Gasteiger partial charge in [-0.1, -0.05) is 13.8 Å². The van der Waals surface area contributed by atoms with E-state index in [1.54, 1.807) is 11.6 Å². The number of carbonyl (C=O) groups excluding carboxylic acids is 1. The topological polar surface area (TPSA) is 73.8 Å². The summed E-state index contributed by atoms with van der Waals surface area (Å²) in [5, 5.41) is 7.32. The third kappa shape index (κ3) is 1.92. The summed E-state index contributed by atoms with van der Waals surface area (Å²) in [6.07, 6.45) is 1.49. The first-order valence-electron chi connectivity index (χ1n) is 4.17. The summed E-state index contributed by atoms with van der Waals surface area (Å²) < 4.78 is 1.57. The number of hydrogen-bond donors (Lipinski definition) is 1. The zero-order valence-corrected chi connectivity index (χ0v) is 8.06. The quantitative estimate of drug-likeness (QED) is 0.667.